The average Bonchev–Trinajstić information content (AvgIpc) is 2.74. The standard InChI is InChI=1S/C23H26Cl4N2.2ClH/c24-20-6-4-16-8-12-28(14-18(16)22(20)26)10-2-1-3-11-29-13-9-17-5-7-21(25)23(27)19(17)15-29;;/h4-7H,1-3,8-15H2;2*1H. The van der Waals surface area contributed by atoms with E-state index < -0.39 is 0 Å². The molecule has 0 unspecified atom stereocenters. The van der Waals surface area contributed by atoms with Gasteiger partial charge in [-0.15, -0.1) is 24.8 Å². The Morgan fingerprint density at radius 2 is 1.03 bits per heavy atom. The number of rotatable bonds is 6. The van der Waals surface area contributed by atoms with E-state index in [0.717, 1.165) is 62.2 Å². The molecule has 31 heavy (non-hydrogen) atoms. The lowest BCUT2D eigenvalue weighted by atomic mass is 9.99. The zero-order chi connectivity index (χ0) is 20.4. The molecular formula is C23H28Cl6N2. The van der Waals surface area contributed by atoms with Crippen LogP contribution < -0.4 is 0 Å². The largest absolute Gasteiger partial charge is 0.299 e. The normalized spacial score (nSPS) is 16.1. The minimum Gasteiger partial charge on any atom is -0.299 e. The van der Waals surface area contributed by atoms with E-state index in [4.69, 9.17) is 46.4 Å². The quantitative estimate of drug-likeness (QED) is 0.343. The molecule has 0 radical (unpaired) electrons. The lowest BCUT2D eigenvalue weighted by Crippen LogP contribution is -2.32. The molecule has 2 aliphatic rings. The van der Waals surface area contributed by atoms with Crippen LogP contribution >= 0.6 is 71.2 Å². The summed E-state index contributed by atoms with van der Waals surface area (Å²) in [4.78, 5) is 5.01. The molecule has 0 aliphatic carbocycles. The molecule has 2 aromatic rings. The zero-order valence-corrected chi connectivity index (χ0v) is 22.0. The molecule has 0 bridgehead atoms. The van der Waals surface area contributed by atoms with Crippen molar-refractivity contribution in [3.63, 3.8) is 0 Å². The fourth-order valence-corrected chi connectivity index (χ4v) is 5.31. The van der Waals surface area contributed by atoms with Gasteiger partial charge in [-0.05, 0) is 73.2 Å². The van der Waals surface area contributed by atoms with Crippen LogP contribution in [0.2, 0.25) is 20.1 Å². The smallest absolute Gasteiger partial charge is 0.0640 e. The maximum absolute atomic E-state index is 6.42. The van der Waals surface area contributed by atoms with E-state index in [1.807, 2.05) is 12.1 Å². The Hall–Kier alpha value is 0.1000. The van der Waals surface area contributed by atoms with Gasteiger partial charge in [-0.3, -0.25) is 9.80 Å². The third kappa shape index (κ3) is 6.58. The highest BCUT2D eigenvalue weighted by atomic mass is 35.5. The van der Waals surface area contributed by atoms with Crippen LogP contribution in [0, 0.1) is 0 Å². The molecule has 4 rings (SSSR count). The van der Waals surface area contributed by atoms with Gasteiger partial charge in [0, 0.05) is 26.2 Å². The Kier molecular flexibility index (Phi) is 11.1. The summed E-state index contributed by atoms with van der Waals surface area (Å²) in [6.07, 6.45) is 5.78. The molecule has 0 saturated heterocycles. The summed E-state index contributed by atoms with van der Waals surface area (Å²) < 4.78 is 0. The molecule has 0 atom stereocenters. The molecule has 0 fully saturated rings. The van der Waals surface area contributed by atoms with Crippen molar-refractivity contribution in [1.29, 1.82) is 0 Å². The van der Waals surface area contributed by atoms with Crippen LogP contribution in [-0.4, -0.2) is 36.0 Å². The van der Waals surface area contributed by atoms with Gasteiger partial charge in [0.1, 0.15) is 0 Å². The first-order valence-electron chi connectivity index (χ1n) is 10.4. The van der Waals surface area contributed by atoms with Crippen molar-refractivity contribution in [2.45, 2.75) is 45.2 Å². The van der Waals surface area contributed by atoms with E-state index in [1.165, 1.54) is 41.5 Å². The molecule has 8 heteroatoms. The highest BCUT2D eigenvalue weighted by Crippen LogP contribution is 2.33. The third-order valence-electron chi connectivity index (χ3n) is 6.19. The predicted molar refractivity (Wildman–Crippen MR) is 139 cm³/mol. The number of unbranched alkanes of at least 4 members (excludes halogenated alkanes) is 2. The first kappa shape index (κ1) is 27.3. The van der Waals surface area contributed by atoms with Gasteiger partial charge in [-0.25, -0.2) is 0 Å². The lowest BCUT2D eigenvalue weighted by molar-refractivity contribution is 0.232. The van der Waals surface area contributed by atoms with Crippen molar-refractivity contribution < 1.29 is 0 Å². The Morgan fingerprint density at radius 1 is 0.613 bits per heavy atom. The fourth-order valence-electron chi connectivity index (χ4n) is 4.47. The number of hydrogen-bond donors (Lipinski definition) is 0. The van der Waals surface area contributed by atoms with E-state index in [0.29, 0.717) is 10.0 Å². The van der Waals surface area contributed by atoms with Crippen LogP contribution in [-0.2, 0) is 25.9 Å². The van der Waals surface area contributed by atoms with Crippen LogP contribution in [0.25, 0.3) is 0 Å². The van der Waals surface area contributed by atoms with Crippen molar-refractivity contribution in [3.05, 3.63) is 66.6 Å². The molecule has 2 aromatic carbocycles. The summed E-state index contributed by atoms with van der Waals surface area (Å²) in [5.41, 5.74) is 5.13. The molecular weight excluding hydrogens is 517 g/mol. The molecule has 0 saturated carbocycles. The molecule has 0 spiro atoms. The van der Waals surface area contributed by atoms with Crippen molar-refractivity contribution in [3.8, 4) is 0 Å². The van der Waals surface area contributed by atoms with Crippen LogP contribution in [0.4, 0.5) is 0 Å². The Labute approximate surface area is 218 Å². The van der Waals surface area contributed by atoms with Gasteiger partial charge in [0.2, 0.25) is 0 Å². The van der Waals surface area contributed by atoms with E-state index in [1.54, 1.807) is 0 Å². The predicted octanol–water partition coefficient (Wildman–Crippen LogP) is 7.73. The average molecular weight is 545 g/mol. The summed E-state index contributed by atoms with van der Waals surface area (Å²) in [5.74, 6) is 0. The summed E-state index contributed by atoms with van der Waals surface area (Å²) in [6, 6.07) is 8.07. The molecule has 0 amide bonds. The maximum atomic E-state index is 6.42. The zero-order valence-electron chi connectivity index (χ0n) is 17.3. The van der Waals surface area contributed by atoms with Crippen LogP contribution in [0.15, 0.2) is 24.3 Å². The molecule has 2 aliphatic heterocycles. The number of halogens is 6. The van der Waals surface area contributed by atoms with Gasteiger partial charge in [-0.2, -0.15) is 0 Å². The third-order valence-corrected chi connectivity index (χ3v) is 7.88. The number of nitrogens with zero attached hydrogens (tertiary/aromatic N) is 2. The van der Waals surface area contributed by atoms with E-state index in [-0.39, 0.29) is 24.8 Å². The van der Waals surface area contributed by atoms with Crippen molar-refractivity contribution in [2.75, 3.05) is 26.2 Å². The van der Waals surface area contributed by atoms with Crippen molar-refractivity contribution in [1.82, 2.24) is 9.80 Å². The van der Waals surface area contributed by atoms with Crippen LogP contribution in [0.5, 0.6) is 0 Å². The molecule has 0 aromatic heterocycles. The highest BCUT2D eigenvalue weighted by molar-refractivity contribution is 6.43. The lowest BCUT2D eigenvalue weighted by Gasteiger charge is -2.30. The van der Waals surface area contributed by atoms with Gasteiger partial charge in [0.15, 0.2) is 0 Å². The topological polar surface area (TPSA) is 6.48 Å². The summed E-state index contributed by atoms with van der Waals surface area (Å²) in [6.45, 7) is 6.27. The number of benzene rings is 2. The van der Waals surface area contributed by atoms with Crippen molar-refractivity contribution >= 4 is 71.2 Å². The SMILES string of the molecule is Cl.Cl.Clc1ccc2c(c1Cl)CN(CCCCCN1CCc3ccc(Cl)c(Cl)c3C1)CC2. The second-order valence-electron chi connectivity index (χ2n) is 8.11. The second-order valence-corrected chi connectivity index (χ2v) is 9.68. The van der Waals surface area contributed by atoms with Gasteiger partial charge in [0.05, 0.1) is 20.1 Å². The Balaban J connectivity index is 0.00000171. The minimum absolute atomic E-state index is 0. The van der Waals surface area contributed by atoms with Gasteiger partial charge in [0.25, 0.3) is 0 Å². The van der Waals surface area contributed by atoms with Gasteiger partial charge >= 0.3 is 0 Å². The maximum Gasteiger partial charge on any atom is 0.0640 e. The minimum atomic E-state index is 0. The molecule has 2 heterocycles. The molecule has 172 valence electrons. The Morgan fingerprint density at radius 3 is 1.45 bits per heavy atom. The number of fused-ring (bicyclic) bond motifs is 2. The van der Waals surface area contributed by atoms with Crippen LogP contribution in [0.1, 0.15) is 41.5 Å². The monoisotopic (exact) mass is 542 g/mol. The molecule has 0 N–H and O–H groups in total. The molecule has 2 nitrogen and oxygen atoms in total. The van der Waals surface area contributed by atoms with Crippen molar-refractivity contribution in [2.24, 2.45) is 0 Å². The van der Waals surface area contributed by atoms with Crippen LogP contribution in [0.3, 0.4) is 0 Å². The highest BCUT2D eigenvalue weighted by Gasteiger charge is 2.21. The van der Waals surface area contributed by atoms with E-state index in [9.17, 15) is 0 Å². The number of hydrogen-bond acceptors (Lipinski definition) is 2. The summed E-state index contributed by atoms with van der Waals surface area (Å²) in [5, 5.41) is 2.80. The van der Waals surface area contributed by atoms with Gasteiger partial charge < -0.3 is 0 Å². The van der Waals surface area contributed by atoms with E-state index in [2.05, 4.69) is 21.9 Å². The Bertz CT molecular complexity index is 817. The second kappa shape index (κ2) is 12.5. The summed E-state index contributed by atoms with van der Waals surface area (Å²) >= 11 is 25.2. The fraction of sp³-hybridized carbons (Fsp3) is 0.478. The first-order valence-corrected chi connectivity index (χ1v) is 11.9. The van der Waals surface area contributed by atoms with Gasteiger partial charge in [-0.1, -0.05) is 65.0 Å². The first-order chi connectivity index (χ1) is 14.0. The summed E-state index contributed by atoms with van der Waals surface area (Å²) in [7, 11) is 0. The van der Waals surface area contributed by atoms with E-state index >= 15 is 0 Å².